The summed E-state index contributed by atoms with van der Waals surface area (Å²) in [6.45, 7) is 2.71. The minimum Gasteiger partial charge on any atom is -0.494 e. The second kappa shape index (κ2) is 5.79. The zero-order chi connectivity index (χ0) is 13.9. The first-order valence-electron chi connectivity index (χ1n) is 6.38. The number of benzene rings is 1. The quantitative estimate of drug-likeness (QED) is 0.845. The van der Waals surface area contributed by atoms with E-state index >= 15 is 0 Å². The SMILES string of the molecule is CCCOc1ccc(NC2CS(=O)(=O)CC2O)cc1. The summed E-state index contributed by atoms with van der Waals surface area (Å²) in [7, 11) is -3.12. The van der Waals surface area contributed by atoms with Crippen molar-refractivity contribution in [2.45, 2.75) is 25.5 Å². The van der Waals surface area contributed by atoms with E-state index < -0.39 is 22.0 Å². The molecular formula is C13H19NO4S. The predicted octanol–water partition coefficient (Wildman–Crippen LogP) is 1.05. The molecule has 1 aliphatic rings. The van der Waals surface area contributed by atoms with Gasteiger partial charge in [0.15, 0.2) is 9.84 Å². The van der Waals surface area contributed by atoms with Crippen molar-refractivity contribution in [3.8, 4) is 5.75 Å². The number of nitrogens with one attached hydrogen (secondary N) is 1. The van der Waals surface area contributed by atoms with Gasteiger partial charge in [-0.3, -0.25) is 0 Å². The fourth-order valence-corrected chi connectivity index (χ4v) is 3.79. The lowest BCUT2D eigenvalue weighted by molar-refractivity contribution is 0.190. The van der Waals surface area contributed by atoms with Crippen LogP contribution in [0.4, 0.5) is 5.69 Å². The third-order valence-electron chi connectivity index (χ3n) is 3.00. The number of aliphatic hydroxyl groups excluding tert-OH is 1. The molecule has 0 amide bonds. The second-order valence-corrected chi connectivity index (χ2v) is 6.92. The summed E-state index contributed by atoms with van der Waals surface area (Å²) in [5.41, 5.74) is 0.782. The Kier molecular flexibility index (Phi) is 4.31. The molecule has 0 spiro atoms. The molecule has 6 heteroatoms. The molecule has 1 fully saturated rings. The van der Waals surface area contributed by atoms with Crippen molar-refractivity contribution in [1.29, 1.82) is 0 Å². The van der Waals surface area contributed by atoms with Crippen molar-refractivity contribution in [3.05, 3.63) is 24.3 Å². The standard InChI is InChI=1S/C13H19NO4S/c1-2-7-18-11-5-3-10(4-6-11)14-12-8-19(16,17)9-13(12)15/h3-6,12-15H,2,7-9H2,1H3. The van der Waals surface area contributed by atoms with Gasteiger partial charge in [-0.1, -0.05) is 6.92 Å². The van der Waals surface area contributed by atoms with E-state index in [-0.39, 0.29) is 11.5 Å². The van der Waals surface area contributed by atoms with Crippen molar-refractivity contribution in [2.75, 3.05) is 23.4 Å². The molecule has 2 atom stereocenters. The van der Waals surface area contributed by atoms with Gasteiger partial charge in [-0.25, -0.2) is 8.42 Å². The second-order valence-electron chi connectivity index (χ2n) is 4.77. The maximum Gasteiger partial charge on any atom is 0.155 e. The molecule has 2 rings (SSSR count). The molecule has 1 aromatic carbocycles. The topological polar surface area (TPSA) is 75.6 Å². The van der Waals surface area contributed by atoms with E-state index in [0.717, 1.165) is 17.9 Å². The maximum atomic E-state index is 11.4. The first kappa shape index (κ1) is 14.1. The molecule has 2 N–H and O–H groups in total. The zero-order valence-corrected chi connectivity index (χ0v) is 11.7. The normalized spacial score (nSPS) is 25.2. The fourth-order valence-electron chi connectivity index (χ4n) is 2.05. The van der Waals surface area contributed by atoms with E-state index in [9.17, 15) is 13.5 Å². The number of anilines is 1. The van der Waals surface area contributed by atoms with Gasteiger partial charge in [-0.05, 0) is 30.7 Å². The molecule has 106 valence electrons. The highest BCUT2D eigenvalue weighted by Crippen LogP contribution is 2.20. The van der Waals surface area contributed by atoms with E-state index in [0.29, 0.717) is 6.61 Å². The Bertz CT molecular complexity index is 512. The summed E-state index contributed by atoms with van der Waals surface area (Å²) >= 11 is 0. The number of rotatable bonds is 5. The van der Waals surface area contributed by atoms with Gasteiger partial charge in [-0.2, -0.15) is 0 Å². The summed E-state index contributed by atoms with van der Waals surface area (Å²) in [6, 6.07) is 6.86. The molecule has 0 aromatic heterocycles. The Balaban J connectivity index is 1.96. The van der Waals surface area contributed by atoms with E-state index in [2.05, 4.69) is 5.32 Å². The zero-order valence-electron chi connectivity index (χ0n) is 10.9. The highest BCUT2D eigenvalue weighted by atomic mass is 32.2. The summed E-state index contributed by atoms with van der Waals surface area (Å²) in [5.74, 6) is 0.594. The van der Waals surface area contributed by atoms with Crippen LogP contribution in [-0.2, 0) is 9.84 Å². The highest BCUT2D eigenvalue weighted by molar-refractivity contribution is 7.91. The van der Waals surface area contributed by atoms with Crippen LogP contribution >= 0.6 is 0 Å². The smallest absolute Gasteiger partial charge is 0.155 e. The molecule has 0 saturated carbocycles. The Labute approximate surface area is 113 Å². The molecule has 19 heavy (non-hydrogen) atoms. The highest BCUT2D eigenvalue weighted by Gasteiger charge is 2.36. The van der Waals surface area contributed by atoms with Gasteiger partial charge in [-0.15, -0.1) is 0 Å². The molecular weight excluding hydrogens is 266 g/mol. The van der Waals surface area contributed by atoms with Crippen molar-refractivity contribution in [1.82, 2.24) is 0 Å². The van der Waals surface area contributed by atoms with Crippen LogP contribution in [0, 0.1) is 0 Å². The number of hydrogen-bond acceptors (Lipinski definition) is 5. The van der Waals surface area contributed by atoms with Crippen molar-refractivity contribution < 1.29 is 18.3 Å². The molecule has 0 bridgehead atoms. The van der Waals surface area contributed by atoms with E-state index in [4.69, 9.17) is 4.74 Å². The lowest BCUT2D eigenvalue weighted by atomic mass is 10.2. The Morgan fingerprint density at radius 1 is 1.32 bits per heavy atom. The van der Waals surface area contributed by atoms with Crippen LogP contribution in [0.15, 0.2) is 24.3 Å². The largest absolute Gasteiger partial charge is 0.494 e. The van der Waals surface area contributed by atoms with Gasteiger partial charge < -0.3 is 15.2 Å². The summed E-state index contributed by atoms with van der Waals surface area (Å²) < 4.78 is 28.2. The number of hydrogen-bond donors (Lipinski definition) is 2. The van der Waals surface area contributed by atoms with Crippen molar-refractivity contribution >= 4 is 15.5 Å². The third-order valence-corrected chi connectivity index (χ3v) is 4.72. The first-order valence-corrected chi connectivity index (χ1v) is 8.20. The molecule has 1 aromatic rings. The fraction of sp³-hybridized carbons (Fsp3) is 0.538. The molecule has 1 aliphatic heterocycles. The van der Waals surface area contributed by atoms with E-state index in [1.807, 2.05) is 31.2 Å². The number of ether oxygens (including phenoxy) is 1. The van der Waals surface area contributed by atoms with Crippen LogP contribution in [0.25, 0.3) is 0 Å². The molecule has 1 heterocycles. The van der Waals surface area contributed by atoms with E-state index in [1.165, 1.54) is 0 Å². The Morgan fingerprint density at radius 3 is 2.53 bits per heavy atom. The molecule has 0 radical (unpaired) electrons. The number of aliphatic hydroxyl groups is 1. The first-order chi connectivity index (χ1) is 9.00. The summed E-state index contributed by atoms with van der Waals surface area (Å²) in [5, 5.41) is 12.7. The van der Waals surface area contributed by atoms with E-state index in [1.54, 1.807) is 0 Å². The van der Waals surface area contributed by atoms with Crippen LogP contribution in [0.5, 0.6) is 5.75 Å². The predicted molar refractivity (Wildman–Crippen MR) is 74.3 cm³/mol. The Hall–Kier alpha value is -1.27. The molecule has 1 saturated heterocycles. The average molecular weight is 285 g/mol. The third kappa shape index (κ3) is 3.84. The van der Waals surface area contributed by atoms with Crippen LogP contribution in [0.3, 0.4) is 0 Å². The minimum atomic E-state index is -3.12. The van der Waals surface area contributed by atoms with Crippen molar-refractivity contribution in [3.63, 3.8) is 0 Å². The molecule has 2 unspecified atom stereocenters. The van der Waals surface area contributed by atoms with Crippen molar-refractivity contribution in [2.24, 2.45) is 0 Å². The summed E-state index contributed by atoms with van der Waals surface area (Å²) in [4.78, 5) is 0. The monoisotopic (exact) mass is 285 g/mol. The molecule has 5 nitrogen and oxygen atoms in total. The lowest BCUT2D eigenvalue weighted by Crippen LogP contribution is -2.31. The summed E-state index contributed by atoms with van der Waals surface area (Å²) in [6.07, 6.45) is 0.104. The molecule has 0 aliphatic carbocycles. The van der Waals surface area contributed by atoms with Crippen LogP contribution in [0.1, 0.15) is 13.3 Å². The van der Waals surface area contributed by atoms with Crippen LogP contribution in [0.2, 0.25) is 0 Å². The van der Waals surface area contributed by atoms with Gasteiger partial charge in [0.25, 0.3) is 0 Å². The van der Waals surface area contributed by atoms with Gasteiger partial charge in [0.2, 0.25) is 0 Å². The lowest BCUT2D eigenvalue weighted by Gasteiger charge is -2.16. The minimum absolute atomic E-state index is 0.0255. The van der Waals surface area contributed by atoms with Gasteiger partial charge in [0, 0.05) is 5.69 Å². The van der Waals surface area contributed by atoms with Crippen LogP contribution in [-0.4, -0.2) is 43.8 Å². The van der Waals surface area contributed by atoms with Crippen LogP contribution < -0.4 is 10.1 Å². The maximum absolute atomic E-state index is 11.4. The van der Waals surface area contributed by atoms with Gasteiger partial charge in [0.05, 0.1) is 30.3 Å². The van der Waals surface area contributed by atoms with Gasteiger partial charge in [0.1, 0.15) is 5.75 Å². The number of sulfone groups is 1. The van der Waals surface area contributed by atoms with Gasteiger partial charge >= 0.3 is 0 Å². The average Bonchev–Trinajstić information content (AvgIpc) is 2.61. The Morgan fingerprint density at radius 2 is 2.00 bits per heavy atom.